The van der Waals surface area contributed by atoms with Gasteiger partial charge >= 0.3 is 5.97 Å². The first-order chi connectivity index (χ1) is 4.89. The van der Waals surface area contributed by atoms with Crippen molar-refractivity contribution in [1.82, 2.24) is 0 Å². The van der Waals surface area contributed by atoms with Crippen LogP contribution in [0.4, 0.5) is 0 Å². The third-order valence-corrected chi connectivity index (χ3v) is 3.63. The fourth-order valence-electron chi connectivity index (χ4n) is 0.569. The van der Waals surface area contributed by atoms with Crippen molar-refractivity contribution < 1.29 is 9.53 Å². The molecule has 1 atom stereocenters. The Morgan fingerprint density at radius 2 is 2.00 bits per heavy atom. The van der Waals surface area contributed by atoms with E-state index in [1.807, 2.05) is 27.7 Å². The molecule has 11 heavy (non-hydrogen) atoms. The topological polar surface area (TPSA) is 26.3 Å². The Labute approximate surface area is 81.8 Å². The van der Waals surface area contributed by atoms with Gasteiger partial charge in [-0.1, -0.05) is 43.4 Å². The van der Waals surface area contributed by atoms with Crippen LogP contribution in [0.3, 0.4) is 0 Å². The van der Waals surface area contributed by atoms with Crippen LogP contribution in [0.25, 0.3) is 0 Å². The minimum Gasteiger partial charge on any atom is -0.465 e. The van der Waals surface area contributed by atoms with Crippen LogP contribution in [-0.2, 0) is 9.53 Å². The highest BCUT2D eigenvalue weighted by atomic mass is 127. The van der Waals surface area contributed by atoms with Crippen LogP contribution in [0.2, 0.25) is 0 Å². The molecule has 0 aliphatic heterocycles. The fraction of sp³-hybridized carbons (Fsp3) is 0.875. The number of rotatable bonds is 2. The molecule has 0 aromatic heterocycles. The minimum atomic E-state index is -0.111. The molecule has 1 unspecified atom stereocenters. The number of hydrogen-bond donors (Lipinski definition) is 0. The number of hydrogen-bond acceptors (Lipinski definition) is 2. The second-order valence-corrected chi connectivity index (χ2v) is 4.73. The predicted octanol–water partition coefficient (Wildman–Crippen LogP) is 2.40. The molecule has 0 heterocycles. The molecular weight excluding hydrogens is 255 g/mol. The lowest BCUT2D eigenvalue weighted by molar-refractivity contribution is -0.143. The first kappa shape index (κ1) is 11.2. The SMILES string of the molecule is CCOC(=O)C(I)C(C)(C)C. The van der Waals surface area contributed by atoms with Crippen molar-refractivity contribution in [3.8, 4) is 0 Å². The van der Waals surface area contributed by atoms with Crippen molar-refractivity contribution in [2.45, 2.75) is 31.6 Å². The third-order valence-electron chi connectivity index (χ3n) is 1.25. The van der Waals surface area contributed by atoms with Gasteiger partial charge in [0.05, 0.1) is 6.61 Å². The second-order valence-electron chi connectivity index (χ2n) is 3.48. The standard InChI is InChI=1S/C8H15IO2/c1-5-11-7(10)6(9)8(2,3)4/h6H,5H2,1-4H3. The molecule has 66 valence electrons. The van der Waals surface area contributed by atoms with Crippen molar-refractivity contribution in [1.29, 1.82) is 0 Å². The Kier molecular flexibility index (Phi) is 4.36. The normalized spacial score (nSPS) is 14.3. The second kappa shape index (κ2) is 4.28. The maximum Gasteiger partial charge on any atom is 0.319 e. The van der Waals surface area contributed by atoms with E-state index in [1.54, 1.807) is 0 Å². The summed E-state index contributed by atoms with van der Waals surface area (Å²) in [6, 6.07) is 0. The molecule has 0 aromatic carbocycles. The maximum atomic E-state index is 11.2. The monoisotopic (exact) mass is 270 g/mol. The van der Waals surface area contributed by atoms with E-state index in [0.717, 1.165) is 0 Å². The van der Waals surface area contributed by atoms with Crippen molar-refractivity contribution in [3.63, 3.8) is 0 Å². The Bertz CT molecular complexity index is 138. The summed E-state index contributed by atoms with van der Waals surface area (Å²) < 4.78 is 4.83. The Morgan fingerprint density at radius 3 is 2.27 bits per heavy atom. The third kappa shape index (κ3) is 3.94. The zero-order valence-corrected chi connectivity index (χ0v) is 9.64. The molecule has 0 bridgehead atoms. The molecule has 0 saturated carbocycles. The van der Waals surface area contributed by atoms with Crippen LogP contribution < -0.4 is 0 Å². The summed E-state index contributed by atoms with van der Waals surface area (Å²) >= 11 is 2.12. The fourth-order valence-corrected chi connectivity index (χ4v) is 0.749. The summed E-state index contributed by atoms with van der Waals surface area (Å²) in [6.07, 6.45) is 0. The highest BCUT2D eigenvalue weighted by Crippen LogP contribution is 2.27. The lowest BCUT2D eigenvalue weighted by Gasteiger charge is -2.23. The molecule has 0 radical (unpaired) electrons. The molecule has 0 aliphatic rings. The van der Waals surface area contributed by atoms with Gasteiger partial charge in [0.25, 0.3) is 0 Å². The molecule has 3 heteroatoms. The van der Waals surface area contributed by atoms with Crippen molar-refractivity contribution in [3.05, 3.63) is 0 Å². The quantitative estimate of drug-likeness (QED) is 0.437. The minimum absolute atomic E-state index is 0.00713. The van der Waals surface area contributed by atoms with Crippen LogP contribution in [0.1, 0.15) is 27.7 Å². The van der Waals surface area contributed by atoms with Gasteiger partial charge in [0, 0.05) is 0 Å². The number of ether oxygens (including phenoxy) is 1. The van der Waals surface area contributed by atoms with Gasteiger partial charge in [-0.25, -0.2) is 0 Å². The molecule has 0 aliphatic carbocycles. The molecule has 0 spiro atoms. The van der Waals surface area contributed by atoms with E-state index in [0.29, 0.717) is 6.61 Å². The van der Waals surface area contributed by atoms with Gasteiger partial charge in [0.15, 0.2) is 0 Å². The Hall–Kier alpha value is 0.200. The first-order valence-electron chi connectivity index (χ1n) is 3.70. The van der Waals surface area contributed by atoms with Crippen LogP contribution in [0.15, 0.2) is 0 Å². The molecule has 0 N–H and O–H groups in total. The summed E-state index contributed by atoms with van der Waals surface area (Å²) in [6.45, 7) is 8.38. The zero-order valence-electron chi connectivity index (χ0n) is 7.48. The van der Waals surface area contributed by atoms with Crippen molar-refractivity contribution >= 4 is 28.6 Å². The molecule has 0 rings (SSSR count). The Morgan fingerprint density at radius 1 is 1.55 bits per heavy atom. The first-order valence-corrected chi connectivity index (χ1v) is 4.95. The van der Waals surface area contributed by atoms with Crippen LogP contribution >= 0.6 is 22.6 Å². The summed E-state index contributed by atoms with van der Waals surface area (Å²) in [7, 11) is 0. The average molecular weight is 270 g/mol. The van der Waals surface area contributed by atoms with Gasteiger partial charge in [-0.15, -0.1) is 0 Å². The van der Waals surface area contributed by atoms with E-state index in [2.05, 4.69) is 22.6 Å². The molecule has 0 fully saturated rings. The van der Waals surface area contributed by atoms with E-state index in [4.69, 9.17) is 4.74 Å². The van der Waals surface area contributed by atoms with Gasteiger partial charge in [-0.2, -0.15) is 0 Å². The average Bonchev–Trinajstić information content (AvgIpc) is 1.85. The summed E-state index contributed by atoms with van der Waals surface area (Å²) in [5.74, 6) is -0.111. The van der Waals surface area contributed by atoms with Gasteiger partial charge in [0.2, 0.25) is 0 Å². The lowest BCUT2D eigenvalue weighted by Crippen LogP contribution is -2.30. The van der Waals surface area contributed by atoms with E-state index in [9.17, 15) is 4.79 Å². The lowest BCUT2D eigenvalue weighted by atomic mass is 9.92. The molecule has 2 nitrogen and oxygen atoms in total. The number of halogens is 1. The molecule has 0 saturated heterocycles. The van der Waals surface area contributed by atoms with Crippen molar-refractivity contribution in [2.24, 2.45) is 5.41 Å². The maximum absolute atomic E-state index is 11.2. The summed E-state index contributed by atoms with van der Waals surface area (Å²) in [5, 5.41) is 0. The molecule has 0 aromatic rings. The van der Waals surface area contributed by atoms with E-state index < -0.39 is 0 Å². The summed E-state index contributed by atoms with van der Waals surface area (Å²) in [4.78, 5) is 11.2. The molecule has 0 amide bonds. The predicted molar refractivity (Wildman–Crippen MR) is 53.9 cm³/mol. The highest BCUT2D eigenvalue weighted by Gasteiger charge is 2.29. The largest absolute Gasteiger partial charge is 0.465 e. The summed E-state index contributed by atoms with van der Waals surface area (Å²) in [5.41, 5.74) is -0.00713. The van der Waals surface area contributed by atoms with Gasteiger partial charge in [0.1, 0.15) is 3.92 Å². The van der Waals surface area contributed by atoms with Gasteiger partial charge in [-0.05, 0) is 12.3 Å². The van der Waals surface area contributed by atoms with Crippen LogP contribution in [0.5, 0.6) is 0 Å². The highest BCUT2D eigenvalue weighted by molar-refractivity contribution is 14.1. The molecular formula is C8H15IO2. The van der Waals surface area contributed by atoms with E-state index in [1.165, 1.54) is 0 Å². The van der Waals surface area contributed by atoms with Crippen LogP contribution in [-0.4, -0.2) is 16.5 Å². The Balaban J connectivity index is 4.03. The van der Waals surface area contributed by atoms with Crippen molar-refractivity contribution in [2.75, 3.05) is 6.61 Å². The van der Waals surface area contributed by atoms with Crippen LogP contribution in [0, 0.1) is 5.41 Å². The number of carbonyl (C=O) groups is 1. The van der Waals surface area contributed by atoms with Gasteiger partial charge in [-0.3, -0.25) is 4.79 Å². The van der Waals surface area contributed by atoms with E-state index in [-0.39, 0.29) is 15.3 Å². The zero-order chi connectivity index (χ0) is 9.07. The number of alkyl halides is 1. The van der Waals surface area contributed by atoms with Gasteiger partial charge < -0.3 is 4.74 Å². The number of esters is 1. The number of carbonyl (C=O) groups excluding carboxylic acids is 1. The smallest absolute Gasteiger partial charge is 0.319 e. The van der Waals surface area contributed by atoms with E-state index >= 15 is 0 Å².